The van der Waals surface area contributed by atoms with Crippen molar-refractivity contribution in [1.82, 2.24) is 20.2 Å². The molecule has 80 valence electrons. The maximum Gasteiger partial charge on any atom is 0.335 e. The number of rotatable bonds is 1. The second-order valence-electron chi connectivity index (χ2n) is 3.46. The Balaban J connectivity index is 2.59. The van der Waals surface area contributed by atoms with E-state index in [1.165, 1.54) is 4.68 Å². The Kier molecular flexibility index (Phi) is 1.95. The van der Waals surface area contributed by atoms with Crippen LogP contribution in [0.15, 0.2) is 11.3 Å². The van der Waals surface area contributed by atoms with Gasteiger partial charge in [-0.05, 0) is 24.3 Å². The zero-order chi connectivity index (χ0) is 11.2. The average molecular weight is 209 g/mol. The number of nitrogens with zero attached hydrogens (tertiary/aromatic N) is 5. The fraction of sp³-hybridized carbons (Fsp3) is 0.500. The number of allylic oxidation sites excluding steroid dienone is 1. The van der Waals surface area contributed by atoms with Crippen LogP contribution >= 0.6 is 0 Å². The molecule has 2 heterocycles. The first kappa shape index (κ1) is 9.63. The van der Waals surface area contributed by atoms with Gasteiger partial charge in [-0.15, -0.1) is 0 Å². The number of carboxylic acid groups (broad SMARTS) is 1. The van der Waals surface area contributed by atoms with E-state index in [0.717, 1.165) is 0 Å². The van der Waals surface area contributed by atoms with Crippen LogP contribution in [0.4, 0.5) is 5.95 Å². The molecule has 1 aliphatic heterocycles. The van der Waals surface area contributed by atoms with Crippen LogP contribution in [0, 0.1) is 0 Å². The second kappa shape index (κ2) is 3.04. The predicted molar refractivity (Wildman–Crippen MR) is 51.3 cm³/mol. The molecule has 0 aliphatic carbocycles. The van der Waals surface area contributed by atoms with Gasteiger partial charge < -0.3 is 10.0 Å². The highest BCUT2D eigenvalue weighted by molar-refractivity contribution is 5.89. The molecule has 1 aromatic heterocycles. The minimum absolute atomic E-state index is 0.317. The number of tetrazole rings is 1. The monoisotopic (exact) mass is 209 g/mol. The summed E-state index contributed by atoms with van der Waals surface area (Å²) < 4.78 is 1.50. The van der Waals surface area contributed by atoms with E-state index in [2.05, 4.69) is 15.5 Å². The van der Waals surface area contributed by atoms with Crippen molar-refractivity contribution >= 4 is 11.9 Å². The molecule has 0 saturated carbocycles. The number of aliphatic carboxylic acids is 1. The summed E-state index contributed by atoms with van der Waals surface area (Å²) in [6.07, 6.45) is 0. The van der Waals surface area contributed by atoms with Crippen LogP contribution in [0.25, 0.3) is 0 Å². The molecule has 2 rings (SSSR count). The van der Waals surface area contributed by atoms with E-state index >= 15 is 0 Å². The van der Waals surface area contributed by atoms with E-state index in [-0.39, 0.29) is 6.04 Å². The molecule has 0 saturated heterocycles. The number of carboxylic acids is 1. The van der Waals surface area contributed by atoms with E-state index in [0.29, 0.717) is 17.2 Å². The molecule has 7 nitrogen and oxygen atoms in total. The zero-order valence-corrected chi connectivity index (χ0v) is 8.67. The van der Waals surface area contributed by atoms with Gasteiger partial charge in [0.05, 0.1) is 11.6 Å². The molecule has 0 amide bonds. The van der Waals surface area contributed by atoms with E-state index in [4.69, 9.17) is 5.11 Å². The van der Waals surface area contributed by atoms with Crippen molar-refractivity contribution in [3.63, 3.8) is 0 Å². The fourth-order valence-electron chi connectivity index (χ4n) is 1.75. The van der Waals surface area contributed by atoms with Crippen LogP contribution in [-0.2, 0) is 4.79 Å². The lowest BCUT2D eigenvalue weighted by Gasteiger charge is -2.29. The topological polar surface area (TPSA) is 84.1 Å². The number of aromatic nitrogens is 4. The summed E-state index contributed by atoms with van der Waals surface area (Å²) >= 11 is 0. The average Bonchev–Trinajstić information content (AvgIpc) is 2.62. The van der Waals surface area contributed by atoms with Gasteiger partial charge in [0.2, 0.25) is 5.95 Å². The van der Waals surface area contributed by atoms with Gasteiger partial charge in [0, 0.05) is 12.7 Å². The summed E-state index contributed by atoms with van der Waals surface area (Å²) in [5.41, 5.74) is 0.981. The Morgan fingerprint density at radius 1 is 1.53 bits per heavy atom. The summed E-state index contributed by atoms with van der Waals surface area (Å²) in [7, 11) is 1.74. The molecule has 0 radical (unpaired) electrons. The molecule has 1 atom stereocenters. The van der Waals surface area contributed by atoms with Crippen molar-refractivity contribution in [1.29, 1.82) is 0 Å². The van der Waals surface area contributed by atoms with Gasteiger partial charge in [-0.1, -0.05) is 5.10 Å². The normalized spacial score (nSPS) is 20.5. The number of carbonyl (C=O) groups is 1. The molecule has 0 fully saturated rings. The van der Waals surface area contributed by atoms with Crippen LogP contribution < -0.4 is 4.90 Å². The molecule has 0 aromatic carbocycles. The van der Waals surface area contributed by atoms with Crippen LogP contribution in [0.5, 0.6) is 0 Å². The summed E-state index contributed by atoms with van der Waals surface area (Å²) in [5, 5.41) is 20.2. The van der Waals surface area contributed by atoms with Crippen molar-refractivity contribution in [3.8, 4) is 0 Å². The molecule has 0 unspecified atom stereocenters. The molecule has 15 heavy (non-hydrogen) atoms. The third-order valence-electron chi connectivity index (χ3n) is 2.68. The Morgan fingerprint density at radius 2 is 2.20 bits per heavy atom. The molecule has 7 heteroatoms. The van der Waals surface area contributed by atoms with Crippen molar-refractivity contribution in [2.75, 3.05) is 11.9 Å². The number of fused-ring (bicyclic) bond motifs is 1. The van der Waals surface area contributed by atoms with Crippen molar-refractivity contribution in [3.05, 3.63) is 11.3 Å². The number of hydrogen-bond donors (Lipinski definition) is 1. The first-order chi connectivity index (χ1) is 7.04. The van der Waals surface area contributed by atoms with Gasteiger partial charge >= 0.3 is 5.97 Å². The van der Waals surface area contributed by atoms with Gasteiger partial charge in [0.25, 0.3) is 0 Å². The lowest BCUT2D eigenvalue weighted by Crippen LogP contribution is -2.32. The van der Waals surface area contributed by atoms with Gasteiger partial charge in [-0.3, -0.25) is 0 Å². The molecule has 1 aromatic rings. The lowest BCUT2D eigenvalue weighted by molar-refractivity contribution is -0.133. The van der Waals surface area contributed by atoms with Crippen molar-refractivity contribution < 1.29 is 9.90 Å². The molecule has 1 N–H and O–H groups in total. The summed E-state index contributed by atoms with van der Waals surface area (Å²) in [6, 6.07) is -0.344. The highest BCUT2D eigenvalue weighted by Crippen LogP contribution is 2.31. The summed E-state index contributed by atoms with van der Waals surface area (Å²) in [4.78, 5) is 12.8. The second-order valence-corrected chi connectivity index (χ2v) is 3.46. The molecule has 1 aliphatic rings. The van der Waals surface area contributed by atoms with Gasteiger partial charge in [0.1, 0.15) is 0 Å². The minimum atomic E-state index is -0.937. The predicted octanol–water partition coefficient (Wildman–Crippen LogP) is 0.0425. The Morgan fingerprint density at radius 3 is 2.80 bits per heavy atom. The first-order valence-electron chi connectivity index (χ1n) is 4.49. The summed E-state index contributed by atoms with van der Waals surface area (Å²) in [5.74, 6) is -0.377. The van der Waals surface area contributed by atoms with Gasteiger partial charge in [0.15, 0.2) is 0 Å². The van der Waals surface area contributed by atoms with Crippen LogP contribution in [0.3, 0.4) is 0 Å². The fourth-order valence-corrected chi connectivity index (χ4v) is 1.75. The SMILES string of the molecule is CC1=C(C(=O)O)[C@@H](C)n2nnnc2N1C. The Bertz CT molecular complexity index is 450. The van der Waals surface area contributed by atoms with Crippen LogP contribution in [0.1, 0.15) is 19.9 Å². The van der Waals surface area contributed by atoms with Crippen LogP contribution in [-0.4, -0.2) is 38.3 Å². The first-order valence-corrected chi connectivity index (χ1v) is 4.49. The van der Waals surface area contributed by atoms with Gasteiger partial charge in [-0.25, -0.2) is 9.48 Å². The third kappa shape index (κ3) is 1.19. The highest BCUT2D eigenvalue weighted by Gasteiger charge is 2.32. The minimum Gasteiger partial charge on any atom is -0.478 e. The molecule has 0 spiro atoms. The standard InChI is InChI=1S/C8H11N5O2/c1-4-6(7(14)15)5(2)13-8(12(4)3)9-10-11-13/h5H,1-3H3,(H,14,15)/t5-/m1/s1. The lowest BCUT2D eigenvalue weighted by atomic mass is 10.1. The maximum absolute atomic E-state index is 11.1. The smallest absolute Gasteiger partial charge is 0.335 e. The maximum atomic E-state index is 11.1. The molecule has 0 bridgehead atoms. The van der Waals surface area contributed by atoms with Crippen molar-refractivity contribution in [2.45, 2.75) is 19.9 Å². The van der Waals surface area contributed by atoms with E-state index in [9.17, 15) is 4.79 Å². The highest BCUT2D eigenvalue weighted by atomic mass is 16.4. The molecular formula is C8H11N5O2. The number of hydrogen-bond acceptors (Lipinski definition) is 5. The van der Waals surface area contributed by atoms with E-state index in [1.807, 2.05) is 0 Å². The van der Waals surface area contributed by atoms with Gasteiger partial charge in [-0.2, -0.15) is 0 Å². The van der Waals surface area contributed by atoms with E-state index in [1.54, 1.807) is 25.8 Å². The van der Waals surface area contributed by atoms with Crippen LogP contribution in [0.2, 0.25) is 0 Å². The third-order valence-corrected chi connectivity index (χ3v) is 2.68. The van der Waals surface area contributed by atoms with Crippen molar-refractivity contribution in [2.24, 2.45) is 0 Å². The Hall–Kier alpha value is -1.92. The summed E-state index contributed by atoms with van der Waals surface area (Å²) in [6.45, 7) is 3.51. The quantitative estimate of drug-likeness (QED) is 0.703. The number of anilines is 1. The zero-order valence-electron chi connectivity index (χ0n) is 8.67. The van der Waals surface area contributed by atoms with E-state index < -0.39 is 5.97 Å². The molecular weight excluding hydrogens is 198 g/mol. The largest absolute Gasteiger partial charge is 0.478 e. The Labute approximate surface area is 86.0 Å².